The highest BCUT2D eigenvalue weighted by atomic mass is 35.5. The van der Waals surface area contributed by atoms with E-state index in [0.29, 0.717) is 33.7 Å². The molecule has 5 rings (SSSR count). The van der Waals surface area contributed by atoms with E-state index in [9.17, 15) is 9.59 Å². The molecule has 2 aliphatic carbocycles. The summed E-state index contributed by atoms with van der Waals surface area (Å²) >= 11 is 12.2. The fraction of sp³-hybridized carbons (Fsp3) is 0.320. The summed E-state index contributed by atoms with van der Waals surface area (Å²) in [6, 6.07) is 10.6. The standard InChI is InChI=1S/C25H22Cl2N2O4/c1-2-32-21-9-14(3-8-20(21)33-13-17-6-7-18(26)11-19(17)27)12-28-29-24(30)22-15-4-5-16(10-15)23(22)25(29)31/h3-9,11-12,15-16,22-23H,2,10,13H2,1H3/b28-12-/t15-,16-,22-,23-/m0/s1. The Balaban J connectivity index is 1.31. The monoisotopic (exact) mass is 484 g/mol. The molecule has 3 aliphatic rings. The van der Waals surface area contributed by atoms with Gasteiger partial charge in [-0.05, 0) is 61.1 Å². The van der Waals surface area contributed by atoms with Gasteiger partial charge in [0, 0.05) is 15.6 Å². The number of hydrogen-bond donors (Lipinski definition) is 0. The minimum absolute atomic E-state index is 0.159. The van der Waals surface area contributed by atoms with Crippen LogP contribution >= 0.6 is 23.2 Å². The predicted octanol–water partition coefficient (Wildman–Crippen LogP) is 5.11. The number of rotatable bonds is 7. The Morgan fingerprint density at radius 2 is 1.73 bits per heavy atom. The quantitative estimate of drug-likeness (QED) is 0.311. The molecule has 6 nitrogen and oxygen atoms in total. The van der Waals surface area contributed by atoms with Crippen LogP contribution in [-0.4, -0.2) is 29.6 Å². The van der Waals surface area contributed by atoms with Gasteiger partial charge < -0.3 is 9.47 Å². The van der Waals surface area contributed by atoms with Crippen molar-refractivity contribution in [1.29, 1.82) is 0 Å². The minimum Gasteiger partial charge on any atom is -0.490 e. The van der Waals surface area contributed by atoms with Gasteiger partial charge in [-0.1, -0.05) is 41.4 Å². The maximum Gasteiger partial charge on any atom is 0.254 e. The van der Waals surface area contributed by atoms with Crippen molar-refractivity contribution in [2.45, 2.75) is 20.0 Å². The fourth-order valence-electron chi connectivity index (χ4n) is 4.91. The lowest BCUT2D eigenvalue weighted by Crippen LogP contribution is -2.28. The van der Waals surface area contributed by atoms with Gasteiger partial charge in [0.2, 0.25) is 0 Å². The van der Waals surface area contributed by atoms with Gasteiger partial charge in [-0.25, -0.2) is 0 Å². The number of amides is 2. The van der Waals surface area contributed by atoms with E-state index < -0.39 is 0 Å². The molecule has 2 amide bonds. The van der Waals surface area contributed by atoms with Crippen LogP contribution in [0.3, 0.4) is 0 Å². The normalized spacial score (nSPS) is 25.4. The average molecular weight is 485 g/mol. The van der Waals surface area contributed by atoms with Crippen LogP contribution in [0.1, 0.15) is 24.5 Å². The number of nitrogens with zero attached hydrogens (tertiary/aromatic N) is 2. The molecule has 1 heterocycles. The highest BCUT2D eigenvalue weighted by molar-refractivity contribution is 6.35. The molecule has 8 heteroatoms. The summed E-state index contributed by atoms with van der Waals surface area (Å²) in [5.74, 6) is 0.456. The first-order valence-corrected chi connectivity index (χ1v) is 11.7. The van der Waals surface area contributed by atoms with Crippen molar-refractivity contribution in [2.75, 3.05) is 6.61 Å². The summed E-state index contributed by atoms with van der Waals surface area (Å²) in [5.41, 5.74) is 1.49. The molecule has 0 radical (unpaired) electrons. The third-order valence-corrected chi connectivity index (χ3v) is 7.02. The van der Waals surface area contributed by atoms with Crippen LogP contribution in [-0.2, 0) is 16.2 Å². The van der Waals surface area contributed by atoms with Gasteiger partial charge >= 0.3 is 0 Å². The first kappa shape index (κ1) is 22.0. The molecule has 2 aromatic rings. The number of carbonyl (C=O) groups excluding carboxylic acids is 2. The Bertz CT molecular complexity index is 1150. The van der Waals surface area contributed by atoms with Crippen molar-refractivity contribution >= 4 is 41.2 Å². The van der Waals surface area contributed by atoms with Gasteiger partial charge in [-0.2, -0.15) is 10.1 Å². The lowest BCUT2D eigenvalue weighted by Gasteiger charge is -2.14. The smallest absolute Gasteiger partial charge is 0.254 e. The Hall–Kier alpha value is -2.83. The van der Waals surface area contributed by atoms with Gasteiger partial charge in [0.25, 0.3) is 11.8 Å². The second-order valence-electron chi connectivity index (χ2n) is 8.40. The van der Waals surface area contributed by atoms with Crippen LogP contribution < -0.4 is 9.47 Å². The zero-order chi connectivity index (χ0) is 23.1. The number of carbonyl (C=O) groups is 2. The average Bonchev–Trinajstić information content (AvgIpc) is 3.47. The third kappa shape index (κ3) is 4.02. The van der Waals surface area contributed by atoms with Gasteiger partial charge in [-0.3, -0.25) is 9.59 Å². The van der Waals surface area contributed by atoms with Crippen LogP contribution in [0.4, 0.5) is 0 Å². The molecule has 170 valence electrons. The molecule has 0 unspecified atom stereocenters. The summed E-state index contributed by atoms with van der Waals surface area (Å²) in [7, 11) is 0. The zero-order valence-corrected chi connectivity index (χ0v) is 19.4. The number of allylic oxidation sites excluding steroid dienone is 2. The number of hydrogen-bond acceptors (Lipinski definition) is 5. The highest BCUT2D eigenvalue weighted by Gasteiger charge is 2.59. The summed E-state index contributed by atoms with van der Waals surface area (Å²) in [4.78, 5) is 25.6. The summed E-state index contributed by atoms with van der Waals surface area (Å²) in [6.07, 6.45) is 6.53. The maximum atomic E-state index is 12.8. The Morgan fingerprint density at radius 1 is 1.00 bits per heavy atom. The van der Waals surface area contributed by atoms with E-state index in [-0.39, 0.29) is 42.1 Å². The minimum atomic E-state index is -0.265. The molecule has 2 aromatic carbocycles. The second-order valence-corrected chi connectivity index (χ2v) is 9.24. The molecular weight excluding hydrogens is 463 g/mol. The van der Waals surface area contributed by atoms with Crippen LogP contribution in [0.25, 0.3) is 0 Å². The van der Waals surface area contributed by atoms with Gasteiger partial charge in [-0.15, -0.1) is 0 Å². The summed E-state index contributed by atoms with van der Waals surface area (Å²) in [5, 5.41) is 6.36. The van der Waals surface area contributed by atoms with E-state index in [2.05, 4.69) is 17.3 Å². The molecule has 33 heavy (non-hydrogen) atoms. The predicted molar refractivity (Wildman–Crippen MR) is 126 cm³/mol. The first-order valence-electron chi connectivity index (χ1n) is 10.9. The number of ether oxygens (including phenoxy) is 2. The Labute approximate surface area is 201 Å². The van der Waals surface area contributed by atoms with Gasteiger partial charge in [0.05, 0.1) is 24.7 Å². The van der Waals surface area contributed by atoms with E-state index in [0.717, 1.165) is 17.0 Å². The maximum absolute atomic E-state index is 12.8. The van der Waals surface area contributed by atoms with Crippen LogP contribution in [0, 0.1) is 23.7 Å². The van der Waals surface area contributed by atoms with Gasteiger partial charge in [0.15, 0.2) is 11.5 Å². The number of hydrazone groups is 1. The van der Waals surface area contributed by atoms with Crippen molar-refractivity contribution in [3.05, 3.63) is 69.7 Å². The molecule has 2 fully saturated rings. The number of halogens is 2. The largest absolute Gasteiger partial charge is 0.490 e. The number of imide groups is 1. The molecule has 2 bridgehead atoms. The fourth-order valence-corrected chi connectivity index (χ4v) is 5.37. The molecule has 1 saturated carbocycles. The molecule has 0 aromatic heterocycles. The summed E-state index contributed by atoms with van der Waals surface area (Å²) < 4.78 is 11.7. The van der Waals surface area contributed by atoms with Crippen molar-refractivity contribution in [1.82, 2.24) is 5.01 Å². The van der Waals surface area contributed by atoms with E-state index in [1.165, 1.54) is 6.21 Å². The van der Waals surface area contributed by atoms with Crippen LogP contribution in [0.15, 0.2) is 53.7 Å². The molecule has 4 atom stereocenters. The molecule has 1 saturated heterocycles. The van der Waals surface area contributed by atoms with Crippen LogP contribution in [0.5, 0.6) is 11.5 Å². The SMILES string of the molecule is CCOc1cc(/C=N\N2C(=O)[C@@H]3[C@@H](C2=O)[C@H]2C=C[C@H]3C2)ccc1OCc1ccc(Cl)cc1Cl. The van der Waals surface area contributed by atoms with Gasteiger partial charge in [0.1, 0.15) is 6.61 Å². The zero-order valence-electron chi connectivity index (χ0n) is 17.9. The van der Waals surface area contributed by atoms with Crippen molar-refractivity contribution in [3.63, 3.8) is 0 Å². The van der Waals surface area contributed by atoms with Crippen molar-refractivity contribution in [3.8, 4) is 11.5 Å². The Kier molecular flexibility index (Phi) is 5.89. The first-order chi connectivity index (χ1) is 16.0. The number of fused-ring (bicyclic) bond motifs is 5. The van der Waals surface area contributed by atoms with E-state index in [1.807, 2.05) is 13.0 Å². The molecule has 0 N–H and O–H groups in total. The van der Waals surface area contributed by atoms with E-state index >= 15 is 0 Å². The third-order valence-electron chi connectivity index (χ3n) is 6.44. The molecular formula is C25H22Cl2N2O4. The van der Waals surface area contributed by atoms with E-state index in [1.54, 1.807) is 30.3 Å². The highest BCUT2D eigenvalue weighted by Crippen LogP contribution is 2.52. The van der Waals surface area contributed by atoms with E-state index in [4.69, 9.17) is 32.7 Å². The molecule has 0 spiro atoms. The second kappa shape index (κ2) is 8.84. The topological polar surface area (TPSA) is 68.2 Å². The Morgan fingerprint density at radius 3 is 2.39 bits per heavy atom. The number of benzene rings is 2. The van der Waals surface area contributed by atoms with Crippen LogP contribution in [0.2, 0.25) is 10.0 Å². The lowest BCUT2D eigenvalue weighted by atomic mass is 9.85. The lowest BCUT2D eigenvalue weighted by molar-refractivity contribution is -0.140. The summed E-state index contributed by atoms with van der Waals surface area (Å²) in [6.45, 7) is 2.57. The molecule has 1 aliphatic heterocycles. The van der Waals surface area contributed by atoms with Crippen molar-refractivity contribution < 1.29 is 19.1 Å². The van der Waals surface area contributed by atoms with Crippen molar-refractivity contribution in [2.24, 2.45) is 28.8 Å².